The van der Waals surface area contributed by atoms with E-state index in [2.05, 4.69) is 64.6 Å². The first kappa shape index (κ1) is 17.2. The monoisotopic (exact) mass is 354 g/mol. The molecule has 1 aliphatic rings. The zero-order valence-corrected chi connectivity index (χ0v) is 16.7. The van der Waals surface area contributed by atoms with Crippen LogP contribution in [0, 0.1) is 17.9 Å². The van der Waals surface area contributed by atoms with Gasteiger partial charge in [0.15, 0.2) is 6.07 Å². The van der Waals surface area contributed by atoms with E-state index in [1.807, 2.05) is 22.7 Å². The van der Waals surface area contributed by atoms with Gasteiger partial charge in [-0.15, -0.1) is 22.7 Å². The first-order valence-corrected chi connectivity index (χ1v) is 9.76. The van der Waals surface area contributed by atoms with E-state index in [1.165, 1.54) is 30.6 Å². The minimum absolute atomic E-state index is 0.0874. The number of thiophene rings is 2. The van der Waals surface area contributed by atoms with Crippen LogP contribution < -0.4 is 0 Å². The summed E-state index contributed by atoms with van der Waals surface area (Å²) in [6.07, 6.45) is 0. The van der Waals surface area contributed by atoms with Gasteiger partial charge in [0.25, 0.3) is 0 Å². The quantitative estimate of drug-likeness (QED) is 0.550. The first-order valence-electron chi connectivity index (χ1n) is 8.13. The van der Waals surface area contributed by atoms with Gasteiger partial charge in [0.2, 0.25) is 0 Å². The predicted octanol–water partition coefficient (Wildman–Crippen LogP) is 6.33. The third-order valence-corrected chi connectivity index (χ3v) is 7.78. The van der Waals surface area contributed by atoms with Gasteiger partial charge in [0.05, 0.1) is 0 Å². The minimum Gasteiger partial charge on any atom is -0.296 e. The molecule has 0 spiro atoms. The molecule has 0 saturated heterocycles. The molecule has 0 aliphatic heterocycles. The molecule has 2 aromatic rings. The number of nitriles is 1. The Bertz CT molecular complexity index is 801. The molecule has 0 amide bonds. The standard InChI is InChI=1S/C20H22N2S2/c1-19(2,3)14-8-11-16(13(10-21)22-7)12-9-15(20(4,5)6)24-18(12)17(11)23-14/h8-9,13,16H,1-6H3. The Morgan fingerprint density at radius 2 is 1.42 bits per heavy atom. The Labute approximate surface area is 152 Å². The summed E-state index contributed by atoms with van der Waals surface area (Å²) in [5.74, 6) is -0.0998. The Kier molecular flexibility index (Phi) is 3.91. The molecule has 1 unspecified atom stereocenters. The molecule has 4 heteroatoms. The van der Waals surface area contributed by atoms with Crippen molar-refractivity contribution in [1.82, 2.24) is 0 Å². The Balaban J connectivity index is 2.24. The highest BCUT2D eigenvalue weighted by atomic mass is 32.1. The van der Waals surface area contributed by atoms with Crippen LogP contribution in [0.15, 0.2) is 12.1 Å². The van der Waals surface area contributed by atoms with Crippen LogP contribution in [0.3, 0.4) is 0 Å². The molecule has 24 heavy (non-hydrogen) atoms. The van der Waals surface area contributed by atoms with Crippen molar-refractivity contribution in [2.24, 2.45) is 0 Å². The van der Waals surface area contributed by atoms with E-state index in [9.17, 15) is 5.26 Å². The molecule has 0 radical (unpaired) electrons. The zero-order valence-electron chi connectivity index (χ0n) is 15.0. The summed E-state index contributed by atoms with van der Waals surface area (Å²) >= 11 is 3.67. The zero-order chi connectivity index (χ0) is 17.9. The number of fused-ring (bicyclic) bond motifs is 3. The maximum atomic E-state index is 9.51. The van der Waals surface area contributed by atoms with Gasteiger partial charge in [0, 0.05) is 19.5 Å². The molecule has 2 nitrogen and oxygen atoms in total. The van der Waals surface area contributed by atoms with Gasteiger partial charge in [-0.25, -0.2) is 6.57 Å². The van der Waals surface area contributed by atoms with Crippen molar-refractivity contribution in [3.05, 3.63) is 44.4 Å². The Morgan fingerprint density at radius 1 is 1.00 bits per heavy atom. The van der Waals surface area contributed by atoms with Crippen LogP contribution in [0.2, 0.25) is 0 Å². The summed E-state index contributed by atoms with van der Waals surface area (Å²) in [7, 11) is 0. The lowest BCUT2D eigenvalue weighted by molar-refractivity contribution is 0.602. The second-order valence-electron chi connectivity index (χ2n) is 8.47. The lowest BCUT2D eigenvalue weighted by Crippen LogP contribution is -2.13. The van der Waals surface area contributed by atoms with E-state index in [0.29, 0.717) is 0 Å². The molecule has 2 aromatic heterocycles. The molecule has 1 aliphatic carbocycles. The van der Waals surface area contributed by atoms with Crippen LogP contribution in [0.25, 0.3) is 14.6 Å². The van der Waals surface area contributed by atoms with Gasteiger partial charge in [-0.1, -0.05) is 41.5 Å². The van der Waals surface area contributed by atoms with Crippen molar-refractivity contribution in [2.75, 3.05) is 0 Å². The summed E-state index contributed by atoms with van der Waals surface area (Å²) in [5.41, 5.74) is 2.55. The fourth-order valence-electron chi connectivity index (χ4n) is 3.05. The molecule has 124 valence electrons. The maximum absolute atomic E-state index is 9.51. The summed E-state index contributed by atoms with van der Waals surface area (Å²) in [6, 6.07) is 6.06. The molecular formula is C20H22N2S2. The van der Waals surface area contributed by atoms with Crippen LogP contribution in [-0.2, 0) is 10.8 Å². The van der Waals surface area contributed by atoms with E-state index in [1.54, 1.807) is 0 Å². The highest BCUT2D eigenvalue weighted by Crippen LogP contribution is 2.56. The van der Waals surface area contributed by atoms with Crippen molar-refractivity contribution in [1.29, 1.82) is 5.26 Å². The van der Waals surface area contributed by atoms with Gasteiger partial charge in [0.1, 0.15) is 5.92 Å². The van der Waals surface area contributed by atoms with Crippen LogP contribution in [0.1, 0.15) is 68.3 Å². The number of nitrogens with zero attached hydrogens (tertiary/aromatic N) is 2. The molecule has 0 fully saturated rings. The van der Waals surface area contributed by atoms with Crippen LogP contribution in [0.5, 0.6) is 0 Å². The average molecular weight is 355 g/mol. The largest absolute Gasteiger partial charge is 0.317 e. The maximum Gasteiger partial charge on any atom is 0.317 e. The molecule has 0 N–H and O–H groups in total. The summed E-state index contributed by atoms with van der Waals surface area (Å²) in [5, 5.41) is 9.51. The molecule has 1 atom stereocenters. The van der Waals surface area contributed by atoms with Crippen molar-refractivity contribution in [3.63, 3.8) is 0 Å². The summed E-state index contributed by atoms with van der Waals surface area (Å²) < 4.78 is 0. The highest BCUT2D eigenvalue weighted by molar-refractivity contribution is 7.22. The normalized spacial score (nSPS) is 15.5. The lowest BCUT2D eigenvalue weighted by Gasteiger charge is -2.16. The number of hydrogen-bond donors (Lipinski definition) is 0. The highest BCUT2D eigenvalue weighted by Gasteiger charge is 2.43. The van der Waals surface area contributed by atoms with Crippen molar-refractivity contribution >= 4 is 22.7 Å². The molecule has 0 bridgehead atoms. The Morgan fingerprint density at radius 3 is 1.71 bits per heavy atom. The van der Waals surface area contributed by atoms with Gasteiger partial charge in [-0.2, -0.15) is 5.26 Å². The average Bonchev–Trinajstić information content (AvgIpc) is 3.10. The third kappa shape index (κ3) is 2.59. The van der Waals surface area contributed by atoms with Crippen LogP contribution in [0.4, 0.5) is 0 Å². The van der Waals surface area contributed by atoms with Crippen molar-refractivity contribution < 1.29 is 0 Å². The topological polar surface area (TPSA) is 28.1 Å². The van der Waals surface area contributed by atoms with Crippen molar-refractivity contribution in [3.8, 4) is 15.8 Å². The fraction of sp³-hybridized carbons (Fsp3) is 0.500. The number of rotatable bonds is 1. The van der Waals surface area contributed by atoms with Crippen LogP contribution >= 0.6 is 22.7 Å². The molecule has 3 rings (SSSR count). The van der Waals surface area contributed by atoms with E-state index in [-0.39, 0.29) is 16.7 Å². The third-order valence-electron chi connectivity index (χ3n) is 4.46. The second kappa shape index (κ2) is 5.45. The van der Waals surface area contributed by atoms with E-state index in [4.69, 9.17) is 6.57 Å². The predicted molar refractivity (Wildman–Crippen MR) is 103 cm³/mol. The van der Waals surface area contributed by atoms with Crippen LogP contribution in [-0.4, -0.2) is 6.04 Å². The first-order chi connectivity index (χ1) is 11.1. The second-order valence-corrected chi connectivity index (χ2v) is 10.6. The van der Waals surface area contributed by atoms with E-state index in [0.717, 1.165) is 0 Å². The Hall–Kier alpha value is -1.62. The lowest BCUT2D eigenvalue weighted by atomic mass is 9.87. The van der Waals surface area contributed by atoms with Gasteiger partial charge in [-0.05, 0) is 34.1 Å². The smallest absolute Gasteiger partial charge is 0.296 e. The van der Waals surface area contributed by atoms with Gasteiger partial charge >= 0.3 is 6.04 Å². The fourth-order valence-corrected chi connectivity index (χ4v) is 5.75. The summed E-state index contributed by atoms with van der Waals surface area (Å²) in [4.78, 5) is 8.85. The molecule has 0 aromatic carbocycles. The van der Waals surface area contributed by atoms with E-state index < -0.39 is 6.04 Å². The molecule has 2 heterocycles. The molecular weight excluding hydrogens is 332 g/mol. The van der Waals surface area contributed by atoms with Gasteiger partial charge in [-0.3, -0.25) is 4.85 Å². The molecule has 0 saturated carbocycles. The summed E-state index contributed by atoms with van der Waals surface area (Å²) in [6.45, 7) is 20.8. The minimum atomic E-state index is -0.644. The van der Waals surface area contributed by atoms with Gasteiger partial charge < -0.3 is 0 Å². The SMILES string of the molecule is [C-]#[N+]C(C#N)C1c2cc(C(C)(C)C)sc2-c2sc(C(C)(C)C)cc21. The number of hydrogen-bond acceptors (Lipinski definition) is 3. The van der Waals surface area contributed by atoms with Crippen molar-refractivity contribution in [2.45, 2.75) is 64.3 Å². The van der Waals surface area contributed by atoms with E-state index >= 15 is 0 Å².